The standard InChI is InChI=1S/C44H45N7O7S2/c1-23-12-33(52)38-35(55-23)16-34-29(39(38)53)18-43-8-6-27(17-42(43,2)56-34)60-59-22-30-28(15-26(49-40(30)46)20-51-19-25-7-10-48-32(25)21-51)31-13-24(14-37(45)50-31)4-5-36-44(57-36,9-11-47-3)41(54)58-43/h6-8,10,12-16,21,27,36,47,53H,4-5,9,11,17-20,22H2,1-3H3,(H2,45,50)(H2,46,49)/p+1/t27-,36+,42-,43+,44-/m0/s1. The zero-order valence-electron chi connectivity index (χ0n) is 33.5. The van der Waals surface area contributed by atoms with E-state index in [4.69, 9.17) is 40.1 Å². The lowest BCUT2D eigenvalue weighted by Crippen LogP contribution is -3.04. The van der Waals surface area contributed by atoms with Gasteiger partial charge in [0.2, 0.25) is 0 Å². The van der Waals surface area contributed by atoms with Gasteiger partial charge in [-0.1, -0.05) is 27.7 Å². The maximum Gasteiger partial charge on any atom is 0.342 e. The number of pyridine rings is 2. The summed E-state index contributed by atoms with van der Waals surface area (Å²) in [5, 5.41) is 14.8. The molecule has 0 amide bonds. The summed E-state index contributed by atoms with van der Waals surface area (Å²) in [4.78, 5) is 43.3. The zero-order valence-corrected chi connectivity index (χ0v) is 35.1. The number of aromatic nitrogens is 2. The second-order valence-corrected chi connectivity index (χ2v) is 19.4. The molecule has 3 aromatic heterocycles. The first-order valence-electron chi connectivity index (χ1n) is 20.2. The van der Waals surface area contributed by atoms with Gasteiger partial charge in [-0.15, -0.1) is 0 Å². The summed E-state index contributed by atoms with van der Waals surface area (Å²) in [5.41, 5.74) is 16.4. The number of carbonyl (C=O) groups excluding carboxylic acids is 1. The monoisotopic (exact) mass is 848 g/mol. The van der Waals surface area contributed by atoms with Crippen molar-refractivity contribution in [3.05, 3.63) is 104 Å². The van der Waals surface area contributed by atoms with Crippen molar-refractivity contribution in [2.24, 2.45) is 4.99 Å². The Morgan fingerprint density at radius 2 is 1.97 bits per heavy atom. The smallest absolute Gasteiger partial charge is 0.342 e. The molecule has 9 heterocycles. The highest BCUT2D eigenvalue weighted by Gasteiger charge is 2.66. The number of carbonyl (C=O) groups is 1. The highest BCUT2D eigenvalue weighted by atomic mass is 33.1. The van der Waals surface area contributed by atoms with Crippen LogP contribution in [0, 0.1) is 6.92 Å². The van der Waals surface area contributed by atoms with Crippen LogP contribution in [0.2, 0.25) is 0 Å². The Hall–Kier alpha value is -5.13. The normalized spacial score (nSPS) is 28.9. The molecule has 1 spiro atoms. The summed E-state index contributed by atoms with van der Waals surface area (Å²) < 4.78 is 25.9. The van der Waals surface area contributed by atoms with Gasteiger partial charge in [0.05, 0.1) is 17.5 Å². The molecule has 4 bridgehead atoms. The van der Waals surface area contributed by atoms with Gasteiger partial charge in [-0.25, -0.2) is 14.8 Å². The molecule has 1 aliphatic carbocycles. The molecule has 6 aliphatic heterocycles. The predicted octanol–water partition coefficient (Wildman–Crippen LogP) is 4.26. The molecule has 4 aromatic rings. The Kier molecular flexibility index (Phi) is 9.44. The number of phenols is 1. The molecule has 0 saturated carbocycles. The average Bonchev–Trinajstić information content (AvgIpc) is 3.52. The number of nitrogens with one attached hydrogen (secondary N) is 2. The van der Waals surface area contributed by atoms with Crippen LogP contribution in [-0.4, -0.2) is 75.6 Å². The van der Waals surface area contributed by atoms with Gasteiger partial charge in [0.25, 0.3) is 0 Å². The van der Waals surface area contributed by atoms with E-state index in [1.54, 1.807) is 34.6 Å². The van der Waals surface area contributed by atoms with Gasteiger partial charge in [0.1, 0.15) is 64.9 Å². The predicted molar refractivity (Wildman–Crippen MR) is 232 cm³/mol. The number of nitrogens with zero attached hydrogens (tertiary/aromatic N) is 3. The van der Waals surface area contributed by atoms with Crippen molar-refractivity contribution in [3.63, 3.8) is 0 Å². The van der Waals surface area contributed by atoms with E-state index in [0.29, 0.717) is 78.9 Å². The Balaban J connectivity index is 1.04. The molecule has 1 unspecified atom stereocenters. The number of hydrogen-bond donors (Lipinski definition) is 5. The van der Waals surface area contributed by atoms with E-state index >= 15 is 0 Å². The number of anilines is 2. The summed E-state index contributed by atoms with van der Waals surface area (Å²) in [6.07, 6.45) is 11.6. The summed E-state index contributed by atoms with van der Waals surface area (Å²) in [6, 6.07) is 9.01. The van der Waals surface area contributed by atoms with Crippen LogP contribution >= 0.6 is 21.6 Å². The van der Waals surface area contributed by atoms with E-state index in [-0.39, 0.29) is 33.8 Å². The van der Waals surface area contributed by atoms with Gasteiger partial charge in [0, 0.05) is 70.9 Å². The number of fused-ring (bicyclic) bond motifs is 7. The van der Waals surface area contributed by atoms with Gasteiger partial charge in [-0.05, 0) is 76.2 Å². The molecular formula is C44H46N7O7S2+. The van der Waals surface area contributed by atoms with Crippen LogP contribution in [0.25, 0.3) is 22.2 Å². The number of quaternary nitrogens is 1. The SMILES string of the molecule is CNCC[C@]12O[C@@H]1CCc1cc(N)nc(c1)-c1cc(C[NH+]3C=C4N=CC=C4C3)nc(N)c1CSS[C@H]1C=C[C@]3(Cc4c(cc5oc(C)cc(=O)c5c4O)O[C@@]3(C)C1)OC2=O. The minimum absolute atomic E-state index is 0.0561. The summed E-state index contributed by atoms with van der Waals surface area (Å²) >= 11 is 0. The van der Waals surface area contributed by atoms with Crippen molar-refractivity contribution in [2.75, 3.05) is 31.6 Å². The van der Waals surface area contributed by atoms with Crippen LogP contribution in [0.4, 0.5) is 11.6 Å². The lowest BCUT2D eigenvalue weighted by Gasteiger charge is -2.52. The number of allylic oxidation sites excluding steroid dienone is 1. The van der Waals surface area contributed by atoms with Crippen LogP contribution in [-0.2, 0) is 39.4 Å². The molecule has 7 aliphatic rings. The first-order chi connectivity index (χ1) is 28.9. The van der Waals surface area contributed by atoms with Crippen molar-refractivity contribution in [1.29, 1.82) is 0 Å². The Morgan fingerprint density at radius 1 is 1.10 bits per heavy atom. The number of nitrogens with two attached hydrogens (primary N) is 2. The van der Waals surface area contributed by atoms with Crippen molar-refractivity contribution in [3.8, 4) is 22.8 Å². The lowest BCUT2D eigenvalue weighted by atomic mass is 9.70. The molecule has 310 valence electrons. The van der Waals surface area contributed by atoms with Crippen LogP contribution in [0.5, 0.6) is 11.5 Å². The van der Waals surface area contributed by atoms with E-state index in [1.807, 2.05) is 44.5 Å². The van der Waals surface area contributed by atoms with Crippen molar-refractivity contribution in [1.82, 2.24) is 15.3 Å². The van der Waals surface area contributed by atoms with Crippen LogP contribution < -0.4 is 31.8 Å². The first kappa shape index (κ1) is 39.0. The largest absolute Gasteiger partial charge is 0.507 e. The maximum absolute atomic E-state index is 14.7. The zero-order chi connectivity index (χ0) is 41.6. The van der Waals surface area contributed by atoms with E-state index < -0.39 is 28.9 Å². The van der Waals surface area contributed by atoms with Crippen LogP contribution in [0.3, 0.4) is 0 Å². The third kappa shape index (κ3) is 6.59. The number of rotatable bonds is 5. The number of aromatic hydroxyl groups is 1. The fraction of sp³-hybridized carbons (Fsp3) is 0.386. The molecule has 1 fully saturated rings. The molecule has 1 saturated heterocycles. The molecule has 16 heteroatoms. The van der Waals surface area contributed by atoms with Gasteiger partial charge in [0.15, 0.2) is 22.2 Å². The van der Waals surface area contributed by atoms with Gasteiger partial charge >= 0.3 is 5.97 Å². The fourth-order valence-electron chi connectivity index (χ4n) is 9.44. The third-order valence-corrected chi connectivity index (χ3v) is 15.3. The molecule has 60 heavy (non-hydrogen) atoms. The number of benzene rings is 1. The quantitative estimate of drug-likeness (QED) is 0.0825. The van der Waals surface area contributed by atoms with E-state index in [0.717, 1.165) is 34.6 Å². The number of hydrogen-bond acceptors (Lipinski definition) is 15. The number of nitrogen functional groups attached to an aromatic ring is 2. The Bertz CT molecular complexity index is 2680. The number of phenolic OH excluding ortho intramolecular Hbond substituents is 1. The fourth-order valence-corrected chi connectivity index (χ4v) is 12.1. The number of ether oxygens (including phenoxy) is 3. The number of epoxide rings is 1. The van der Waals surface area contributed by atoms with Crippen molar-refractivity contribution in [2.45, 2.75) is 86.4 Å². The second kappa shape index (κ2) is 14.5. The Labute approximate surface area is 353 Å². The molecule has 14 nitrogen and oxygen atoms in total. The summed E-state index contributed by atoms with van der Waals surface area (Å²) in [6.45, 7) is 5.60. The Morgan fingerprint density at radius 3 is 2.80 bits per heavy atom. The minimum atomic E-state index is -1.34. The number of esters is 1. The topological polar surface area (TPSA) is 205 Å². The summed E-state index contributed by atoms with van der Waals surface area (Å²) in [5.74, 6) is 1.40. The highest BCUT2D eigenvalue weighted by Crippen LogP contribution is 2.55. The lowest BCUT2D eigenvalue weighted by molar-refractivity contribution is -0.852. The number of aryl methyl sites for hydroxylation is 2. The number of aliphatic imine (C=N–C) groups is 1. The minimum Gasteiger partial charge on any atom is -0.507 e. The van der Waals surface area contributed by atoms with E-state index in [2.05, 4.69) is 28.7 Å². The second-order valence-electron chi connectivity index (χ2n) is 16.8. The molecular weight excluding hydrogens is 803 g/mol. The summed E-state index contributed by atoms with van der Waals surface area (Å²) in [7, 11) is 5.14. The average molecular weight is 849 g/mol. The maximum atomic E-state index is 14.7. The molecule has 11 rings (SSSR count). The highest BCUT2D eigenvalue weighted by molar-refractivity contribution is 8.76. The van der Waals surface area contributed by atoms with Gasteiger partial charge in [-0.3, -0.25) is 14.7 Å². The molecule has 6 atom stereocenters. The van der Waals surface area contributed by atoms with Gasteiger partial charge < -0.3 is 40.5 Å². The molecule has 7 N–H and O–H groups in total. The van der Waals surface area contributed by atoms with Crippen LogP contribution in [0.1, 0.15) is 54.3 Å². The molecule has 0 radical (unpaired) electrons. The molecule has 1 aromatic carbocycles. The van der Waals surface area contributed by atoms with Crippen molar-refractivity contribution < 1.29 is 33.4 Å². The van der Waals surface area contributed by atoms with Crippen LogP contribution in [0.15, 0.2) is 80.2 Å². The van der Waals surface area contributed by atoms with E-state index in [1.165, 1.54) is 16.5 Å². The third-order valence-electron chi connectivity index (χ3n) is 12.7. The van der Waals surface area contributed by atoms with E-state index in [9.17, 15) is 14.7 Å². The van der Waals surface area contributed by atoms with Crippen molar-refractivity contribution >= 4 is 56.4 Å². The first-order valence-corrected chi connectivity index (χ1v) is 22.6. The van der Waals surface area contributed by atoms with Gasteiger partial charge in [-0.2, -0.15) is 0 Å².